The molecule has 3 rings (SSSR count). The standard InChI is InChI=1S/C20H24N6O/c1-13-5-7-17(8-6-13)20(27)22-10-9-21-18-12-19(24-16(4)23-18)26-15(3)11-14(2)25-26/h5-8,11-12H,9-10H2,1-4H3,(H,22,27)(H,21,23,24). The molecule has 0 unspecified atom stereocenters. The van der Waals surface area contributed by atoms with Crippen molar-refractivity contribution in [2.45, 2.75) is 27.7 Å². The minimum atomic E-state index is -0.0843. The summed E-state index contributed by atoms with van der Waals surface area (Å²) in [6.07, 6.45) is 0. The van der Waals surface area contributed by atoms with Crippen LogP contribution in [0.25, 0.3) is 5.82 Å². The Balaban J connectivity index is 1.59. The molecule has 0 aliphatic carbocycles. The molecule has 7 nitrogen and oxygen atoms in total. The minimum Gasteiger partial charge on any atom is -0.368 e. The summed E-state index contributed by atoms with van der Waals surface area (Å²) in [4.78, 5) is 21.0. The fourth-order valence-corrected chi connectivity index (χ4v) is 2.79. The number of aromatic nitrogens is 4. The molecule has 0 radical (unpaired) electrons. The fraction of sp³-hybridized carbons (Fsp3) is 0.300. The zero-order valence-electron chi connectivity index (χ0n) is 16.1. The van der Waals surface area contributed by atoms with Crippen LogP contribution in [-0.2, 0) is 0 Å². The normalized spacial score (nSPS) is 10.7. The molecule has 2 heterocycles. The van der Waals surface area contributed by atoms with Gasteiger partial charge in [0.15, 0.2) is 5.82 Å². The predicted molar refractivity (Wildman–Crippen MR) is 105 cm³/mol. The molecule has 0 saturated carbocycles. The second-order valence-corrected chi connectivity index (χ2v) is 6.55. The first-order chi connectivity index (χ1) is 12.9. The van der Waals surface area contributed by atoms with Gasteiger partial charge in [-0.05, 0) is 45.9 Å². The Kier molecular flexibility index (Phi) is 5.49. The molecular formula is C20H24N6O. The van der Waals surface area contributed by atoms with Gasteiger partial charge in [0.25, 0.3) is 5.91 Å². The Hall–Kier alpha value is -3.22. The highest BCUT2D eigenvalue weighted by molar-refractivity contribution is 5.94. The van der Waals surface area contributed by atoms with E-state index in [0.29, 0.717) is 30.3 Å². The third-order valence-electron chi connectivity index (χ3n) is 4.08. The minimum absolute atomic E-state index is 0.0843. The van der Waals surface area contributed by atoms with Crippen LogP contribution < -0.4 is 10.6 Å². The van der Waals surface area contributed by atoms with E-state index in [-0.39, 0.29) is 5.91 Å². The van der Waals surface area contributed by atoms with Gasteiger partial charge in [0.2, 0.25) is 0 Å². The van der Waals surface area contributed by atoms with Gasteiger partial charge >= 0.3 is 0 Å². The fourth-order valence-electron chi connectivity index (χ4n) is 2.79. The van der Waals surface area contributed by atoms with Crippen LogP contribution in [0.5, 0.6) is 0 Å². The van der Waals surface area contributed by atoms with Crippen LogP contribution in [0.4, 0.5) is 5.82 Å². The van der Waals surface area contributed by atoms with Crippen molar-refractivity contribution in [3.8, 4) is 5.82 Å². The molecule has 1 amide bonds. The number of hydrogen-bond donors (Lipinski definition) is 2. The Morgan fingerprint density at radius 3 is 2.41 bits per heavy atom. The maximum Gasteiger partial charge on any atom is 0.251 e. The van der Waals surface area contributed by atoms with Crippen molar-refractivity contribution in [3.05, 3.63) is 64.7 Å². The molecule has 0 bridgehead atoms. The summed E-state index contributed by atoms with van der Waals surface area (Å²) in [5.41, 5.74) is 3.75. The third kappa shape index (κ3) is 4.69. The van der Waals surface area contributed by atoms with Crippen LogP contribution >= 0.6 is 0 Å². The third-order valence-corrected chi connectivity index (χ3v) is 4.08. The first-order valence-corrected chi connectivity index (χ1v) is 8.90. The summed E-state index contributed by atoms with van der Waals surface area (Å²) < 4.78 is 1.80. The average molecular weight is 364 g/mol. The lowest BCUT2D eigenvalue weighted by Crippen LogP contribution is -2.29. The summed E-state index contributed by atoms with van der Waals surface area (Å²) in [5, 5.41) is 10.6. The quantitative estimate of drug-likeness (QED) is 0.657. The second-order valence-electron chi connectivity index (χ2n) is 6.55. The van der Waals surface area contributed by atoms with Gasteiger partial charge in [-0.25, -0.2) is 14.6 Å². The number of amides is 1. The maximum absolute atomic E-state index is 12.1. The molecule has 2 N–H and O–H groups in total. The van der Waals surface area contributed by atoms with Gasteiger partial charge in [0.05, 0.1) is 5.69 Å². The number of carbonyl (C=O) groups is 1. The Morgan fingerprint density at radius 2 is 1.74 bits per heavy atom. The van der Waals surface area contributed by atoms with Crippen molar-refractivity contribution in [1.82, 2.24) is 25.1 Å². The van der Waals surface area contributed by atoms with Crippen LogP contribution in [0, 0.1) is 27.7 Å². The SMILES string of the molecule is Cc1ccc(C(=O)NCCNc2cc(-n3nc(C)cc3C)nc(C)n2)cc1. The number of nitrogens with zero attached hydrogens (tertiary/aromatic N) is 4. The van der Waals surface area contributed by atoms with Gasteiger partial charge in [-0.3, -0.25) is 4.79 Å². The van der Waals surface area contributed by atoms with Crippen molar-refractivity contribution >= 4 is 11.7 Å². The largest absolute Gasteiger partial charge is 0.368 e. The molecule has 0 fully saturated rings. The van der Waals surface area contributed by atoms with Crippen LogP contribution in [0.2, 0.25) is 0 Å². The van der Waals surface area contributed by atoms with Gasteiger partial charge < -0.3 is 10.6 Å². The molecule has 1 aromatic carbocycles. The lowest BCUT2D eigenvalue weighted by Gasteiger charge is -2.10. The van der Waals surface area contributed by atoms with E-state index in [9.17, 15) is 4.79 Å². The number of aryl methyl sites for hydroxylation is 4. The number of carbonyl (C=O) groups excluding carboxylic acids is 1. The molecular weight excluding hydrogens is 340 g/mol. The summed E-state index contributed by atoms with van der Waals surface area (Å²) >= 11 is 0. The summed E-state index contributed by atoms with van der Waals surface area (Å²) in [7, 11) is 0. The lowest BCUT2D eigenvalue weighted by atomic mass is 10.1. The number of hydrogen-bond acceptors (Lipinski definition) is 5. The highest BCUT2D eigenvalue weighted by Crippen LogP contribution is 2.13. The molecule has 140 valence electrons. The van der Waals surface area contributed by atoms with Crippen molar-refractivity contribution in [3.63, 3.8) is 0 Å². The second kappa shape index (κ2) is 7.99. The van der Waals surface area contributed by atoms with E-state index in [1.807, 2.05) is 64.1 Å². The van der Waals surface area contributed by atoms with E-state index in [1.54, 1.807) is 4.68 Å². The predicted octanol–water partition coefficient (Wildman–Crippen LogP) is 2.74. The topological polar surface area (TPSA) is 84.7 Å². The molecule has 0 aliphatic heterocycles. The van der Waals surface area contributed by atoms with E-state index in [4.69, 9.17) is 0 Å². The first-order valence-electron chi connectivity index (χ1n) is 8.90. The molecule has 27 heavy (non-hydrogen) atoms. The van der Waals surface area contributed by atoms with E-state index in [2.05, 4.69) is 25.7 Å². The number of rotatable bonds is 6. The summed E-state index contributed by atoms with van der Waals surface area (Å²) in [6, 6.07) is 11.4. The Bertz CT molecular complexity index is 946. The van der Waals surface area contributed by atoms with Gasteiger partial charge in [-0.15, -0.1) is 0 Å². The number of benzene rings is 1. The molecule has 7 heteroatoms. The smallest absolute Gasteiger partial charge is 0.251 e. The zero-order chi connectivity index (χ0) is 19.4. The van der Waals surface area contributed by atoms with E-state index >= 15 is 0 Å². The summed E-state index contributed by atoms with van der Waals surface area (Å²) in [5.74, 6) is 2.00. The maximum atomic E-state index is 12.1. The highest BCUT2D eigenvalue weighted by atomic mass is 16.1. The first kappa shape index (κ1) is 18.6. The molecule has 0 aliphatic rings. The molecule has 0 saturated heterocycles. The van der Waals surface area contributed by atoms with Crippen LogP contribution in [-0.4, -0.2) is 38.7 Å². The van der Waals surface area contributed by atoms with Crippen molar-refractivity contribution in [2.75, 3.05) is 18.4 Å². The van der Waals surface area contributed by atoms with Crippen molar-refractivity contribution in [2.24, 2.45) is 0 Å². The van der Waals surface area contributed by atoms with Crippen LogP contribution in [0.15, 0.2) is 36.4 Å². The van der Waals surface area contributed by atoms with Gasteiger partial charge in [0, 0.05) is 30.4 Å². The molecule has 0 spiro atoms. The summed E-state index contributed by atoms with van der Waals surface area (Å²) in [6.45, 7) is 8.84. The monoisotopic (exact) mass is 364 g/mol. The number of anilines is 1. The van der Waals surface area contributed by atoms with E-state index in [1.165, 1.54) is 0 Å². The van der Waals surface area contributed by atoms with Gasteiger partial charge in [-0.2, -0.15) is 5.10 Å². The zero-order valence-corrected chi connectivity index (χ0v) is 16.1. The molecule has 3 aromatic rings. The number of nitrogens with one attached hydrogen (secondary N) is 2. The van der Waals surface area contributed by atoms with E-state index in [0.717, 1.165) is 22.8 Å². The Labute approximate surface area is 158 Å². The molecule has 2 aromatic heterocycles. The molecule has 0 atom stereocenters. The van der Waals surface area contributed by atoms with E-state index < -0.39 is 0 Å². The van der Waals surface area contributed by atoms with Crippen molar-refractivity contribution in [1.29, 1.82) is 0 Å². The lowest BCUT2D eigenvalue weighted by molar-refractivity contribution is 0.0955. The van der Waals surface area contributed by atoms with Crippen molar-refractivity contribution < 1.29 is 4.79 Å². The average Bonchev–Trinajstić information content (AvgIpc) is 2.97. The van der Waals surface area contributed by atoms with Crippen LogP contribution in [0.3, 0.4) is 0 Å². The van der Waals surface area contributed by atoms with Crippen LogP contribution in [0.1, 0.15) is 33.1 Å². The van der Waals surface area contributed by atoms with Gasteiger partial charge in [-0.1, -0.05) is 17.7 Å². The van der Waals surface area contributed by atoms with Gasteiger partial charge in [0.1, 0.15) is 11.6 Å². The highest BCUT2D eigenvalue weighted by Gasteiger charge is 2.09. The Morgan fingerprint density at radius 1 is 1.00 bits per heavy atom.